The molecular weight excluding hydrogens is 306 g/mol. The maximum atomic E-state index is 11.4. The van der Waals surface area contributed by atoms with E-state index in [1.807, 2.05) is 0 Å². The summed E-state index contributed by atoms with van der Waals surface area (Å²) >= 11 is 0. The maximum Gasteiger partial charge on any atom is 0.296 e. The fourth-order valence-electron chi connectivity index (χ4n) is 1.82. The van der Waals surface area contributed by atoms with Gasteiger partial charge in [0.05, 0.1) is 14.2 Å². The number of nitrogens with zero attached hydrogens (tertiary/aromatic N) is 3. The Morgan fingerprint density at radius 3 is 2.10 bits per heavy atom. The molecule has 1 aromatic carbocycles. The van der Waals surface area contributed by atoms with Crippen LogP contribution in [0, 0.1) is 0 Å². The van der Waals surface area contributed by atoms with Gasteiger partial charge in [0.25, 0.3) is 14.2 Å². The van der Waals surface area contributed by atoms with E-state index < -0.39 is 9.05 Å². The predicted octanol–water partition coefficient (Wildman–Crippen LogP) is 1.43. The van der Waals surface area contributed by atoms with Gasteiger partial charge >= 0.3 is 0 Å². The van der Waals surface area contributed by atoms with Crippen LogP contribution in [0.1, 0.15) is 0 Å². The summed E-state index contributed by atoms with van der Waals surface area (Å²) in [5, 5.41) is 7.11. The van der Waals surface area contributed by atoms with Crippen molar-refractivity contribution in [2.24, 2.45) is 7.05 Å². The molecule has 1 aromatic heterocycles. The van der Waals surface area contributed by atoms with Crippen molar-refractivity contribution < 1.29 is 17.9 Å². The Balaban J connectivity index is 2.73. The molecule has 0 bridgehead atoms. The maximum absolute atomic E-state index is 11.4. The number of hydrogen-bond acceptors (Lipinski definition) is 6. The van der Waals surface area contributed by atoms with E-state index in [-0.39, 0.29) is 11.0 Å². The van der Waals surface area contributed by atoms with Crippen LogP contribution in [-0.4, -0.2) is 37.4 Å². The van der Waals surface area contributed by atoms with Gasteiger partial charge in [-0.3, -0.25) is 4.57 Å². The van der Waals surface area contributed by atoms with Crippen LogP contribution in [0.15, 0.2) is 23.4 Å². The van der Waals surface area contributed by atoms with Crippen LogP contribution >= 0.6 is 10.7 Å². The summed E-state index contributed by atoms with van der Waals surface area (Å²) in [4.78, 5) is 0. The van der Waals surface area contributed by atoms with Crippen molar-refractivity contribution in [2.75, 3.05) is 14.2 Å². The molecule has 0 saturated heterocycles. The average Bonchev–Trinajstić information content (AvgIpc) is 2.79. The lowest BCUT2D eigenvalue weighted by molar-refractivity contribution is 0.396. The molecule has 9 heteroatoms. The van der Waals surface area contributed by atoms with E-state index in [1.165, 1.54) is 25.8 Å². The van der Waals surface area contributed by atoms with Gasteiger partial charge in [0.15, 0.2) is 5.82 Å². The summed E-state index contributed by atoms with van der Waals surface area (Å²) < 4.78 is 34.5. The van der Waals surface area contributed by atoms with Crippen molar-refractivity contribution in [3.05, 3.63) is 18.2 Å². The Labute approximate surface area is 120 Å². The lowest BCUT2D eigenvalue weighted by Crippen LogP contribution is -2.04. The molecule has 0 N–H and O–H groups in total. The minimum Gasteiger partial charge on any atom is -0.496 e. The average molecular weight is 318 g/mol. The Morgan fingerprint density at radius 2 is 1.70 bits per heavy atom. The first-order chi connectivity index (χ1) is 9.40. The first kappa shape index (κ1) is 14.6. The third-order valence-corrected chi connectivity index (χ3v) is 3.91. The summed E-state index contributed by atoms with van der Waals surface area (Å²) in [6.45, 7) is 0. The Kier molecular flexibility index (Phi) is 3.87. The predicted molar refractivity (Wildman–Crippen MR) is 72.6 cm³/mol. The van der Waals surface area contributed by atoms with Crippen LogP contribution in [0.4, 0.5) is 0 Å². The van der Waals surface area contributed by atoms with Crippen molar-refractivity contribution >= 4 is 19.7 Å². The van der Waals surface area contributed by atoms with Crippen LogP contribution in [0.2, 0.25) is 0 Å². The van der Waals surface area contributed by atoms with Gasteiger partial charge in [-0.25, -0.2) is 8.42 Å². The minimum atomic E-state index is -3.98. The van der Waals surface area contributed by atoms with Crippen LogP contribution in [0.25, 0.3) is 11.4 Å². The summed E-state index contributed by atoms with van der Waals surface area (Å²) in [5.41, 5.74) is 0.499. The third kappa shape index (κ3) is 2.44. The van der Waals surface area contributed by atoms with Gasteiger partial charge in [-0.1, -0.05) is 6.07 Å². The minimum absolute atomic E-state index is 0.276. The van der Waals surface area contributed by atoms with E-state index in [2.05, 4.69) is 10.2 Å². The second kappa shape index (κ2) is 5.29. The van der Waals surface area contributed by atoms with E-state index >= 15 is 0 Å². The van der Waals surface area contributed by atoms with Gasteiger partial charge in [0.1, 0.15) is 17.1 Å². The molecule has 0 atom stereocenters. The number of benzene rings is 1. The fraction of sp³-hybridized carbons (Fsp3) is 0.273. The van der Waals surface area contributed by atoms with Crippen molar-refractivity contribution in [3.63, 3.8) is 0 Å². The Hall–Kier alpha value is -1.80. The zero-order valence-electron chi connectivity index (χ0n) is 11.0. The van der Waals surface area contributed by atoms with Gasteiger partial charge in [0.2, 0.25) is 0 Å². The molecule has 0 spiro atoms. The van der Waals surface area contributed by atoms with Crippen LogP contribution in [0.3, 0.4) is 0 Å². The Bertz CT molecular complexity index is 720. The van der Waals surface area contributed by atoms with Gasteiger partial charge in [-0.2, -0.15) is 0 Å². The molecule has 0 saturated carbocycles. The highest BCUT2D eigenvalue weighted by atomic mass is 35.7. The fourth-order valence-corrected chi connectivity index (χ4v) is 2.77. The van der Waals surface area contributed by atoms with E-state index in [4.69, 9.17) is 20.2 Å². The van der Waals surface area contributed by atoms with Crippen molar-refractivity contribution in [2.45, 2.75) is 5.16 Å². The summed E-state index contributed by atoms with van der Waals surface area (Å²) in [7, 11) is 5.80. The lowest BCUT2D eigenvalue weighted by atomic mass is 10.1. The zero-order valence-corrected chi connectivity index (χ0v) is 12.6. The highest BCUT2D eigenvalue weighted by Gasteiger charge is 2.24. The summed E-state index contributed by atoms with van der Waals surface area (Å²) in [5.74, 6) is 1.25. The Morgan fingerprint density at radius 1 is 1.15 bits per heavy atom. The lowest BCUT2D eigenvalue weighted by Gasteiger charge is -2.12. The molecule has 2 rings (SSSR count). The number of halogens is 1. The number of rotatable bonds is 4. The molecule has 20 heavy (non-hydrogen) atoms. The molecule has 0 aliphatic rings. The van der Waals surface area contributed by atoms with Gasteiger partial charge in [-0.15, -0.1) is 10.2 Å². The van der Waals surface area contributed by atoms with E-state index in [1.54, 1.807) is 18.2 Å². The number of aromatic nitrogens is 3. The second-order valence-corrected chi connectivity index (χ2v) is 6.30. The van der Waals surface area contributed by atoms with Crippen molar-refractivity contribution in [1.29, 1.82) is 0 Å². The number of methoxy groups -OCH3 is 2. The van der Waals surface area contributed by atoms with Crippen molar-refractivity contribution in [1.82, 2.24) is 14.8 Å². The van der Waals surface area contributed by atoms with E-state index in [0.29, 0.717) is 17.1 Å². The first-order valence-electron chi connectivity index (χ1n) is 5.45. The summed E-state index contributed by atoms with van der Waals surface area (Å²) in [6, 6.07) is 5.17. The molecule has 0 unspecified atom stereocenters. The van der Waals surface area contributed by atoms with Crippen LogP contribution in [-0.2, 0) is 16.1 Å². The first-order valence-corrected chi connectivity index (χ1v) is 7.76. The molecule has 0 radical (unpaired) electrons. The van der Waals surface area contributed by atoms with Gasteiger partial charge < -0.3 is 9.47 Å². The number of ether oxygens (including phenoxy) is 2. The van der Waals surface area contributed by atoms with Crippen LogP contribution < -0.4 is 9.47 Å². The monoisotopic (exact) mass is 317 g/mol. The SMILES string of the molecule is COc1cccc(OC)c1-c1nnc(S(=O)(=O)Cl)n1C. The normalized spacial score (nSPS) is 11.4. The van der Waals surface area contributed by atoms with Crippen molar-refractivity contribution in [3.8, 4) is 22.9 Å². The molecule has 0 aliphatic carbocycles. The third-order valence-electron chi connectivity index (χ3n) is 2.70. The number of hydrogen-bond donors (Lipinski definition) is 0. The molecular formula is C11H12ClN3O4S. The van der Waals surface area contributed by atoms with E-state index in [0.717, 1.165) is 0 Å². The highest BCUT2D eigenvalue weighted by molar-refractivity contribution is 8.13. The molecule has 7 nitrogen and oxygen atoms in total. The molecule has 0 aliphatic heterocycles. The second-order valence-electron chi connectivity index (χ2n) is 3.84. The molecule has 1 heterocycles. The molecule has 0 fully saturated rings. The van der Waals surface area contributed by atoms with Crippen LogP contribution in [0.5, 0.6) is 11.5 Å². The standard InChI is InChI=1S/C11H12ClN3O4S/c1-15-10(13-14-11(15)20(12,16)17)9-7(18-2)5-4-6-8(9)19-3/h4-6H,1-3H3. The molecule has 0 amide bonds. The largest absolute Gasteiger partial charge is 0.496 e. The summed E-state index contributed by atoms with van der Waals surface area (Å²) in [6.07, 6.45) is 0. The molecule has 2 aromatic rings. The van der Waals surface area contributed by atoms with Gasteiger partial charge in [0, 0.05) is 17.7 Å². The smallest absolute Gasteiger partial charge is 0.296 e. The quantitative estimate of drug-likeness (QED) is 0.793. The molecule has 108 valence electrons. The van der Waals surface area contributed by atoms with Gasteiger partial charge in [-0.05, 0) is 12.1 Å². The van der Waals surface area contributed by atoms with E-state index in [9.17, 15) is 8.42 Å². The topological polar surface area (TPSA) is 83.3 Å². The zero-order chi connectivity index (χ0) is 14.9. The highest BCUT2D eigenvalue weighted by Crippen LogP contribution is 2.37.